The Labute approximate surface area is 189 Å². The number of nitrogens with one attached hydrogen (secondary N) is 2. The molecule has 1 aliphatic heterocycles. The highest BCUT2D eigenvalue weighted by Gasteiger charge is 2.40. The Balaban J connectivity index is 1.53. The summed E-state index contributed by atoms with van der Waals surface area (Å²) in [6.07, 6.45) is 2.72. The molecule has 32 heavy (non-hydrogen) atoms. The summed E-state index contributed by atoms with van der Waals surface area (Å²) in [5, 5.41) is 6.84. The molecule has 1 heterocycles. The highest BCUT2D eigenvalue weighted by molar-refractivity contribution is 5.98. The van der Waals surface area contributed by atoms with E-state index in [1.165, 1.54) is 16.7 Å². The Hall–Kier alpha value is -3.66. The molecule has 5 rings (SSSR count). The van der Waals surface area contributed by atoms with Crippen molar-refractivity contribution in [3.8, 4) is 0 Å². The number of hydrogen-bond acceptors (Lipinski definition) is 4. The summed E-state index contributed by atoms with van der Waals surface area (Å²) in [7, 11) is 0. The molecule has 3 atom stereocenters. The number of rotatable bonds is 3. The molecular formula is C28H27N3O. The van der Waals surface area contributed by atoms with Crippen LogP contribution in [0.1, 0.15) is 40.6 Å². The Morgan fingerprint density at radius 1 is 0.844 bits per heavy atom. The minimum absolute atomic E-state index is 0.0667. The Morgan fingerprint density at radius 3 is 2.19 bits per heavy atom. The number of nitrogens with zero attached hydrogens (tertiary/aromatic N) is 1. The van der Waals surface area contributed by atoms with Crippen molar-refractivity contribution in [3.63, 3.8) is 0 Å². The summed E-state index contributed by atoms with van der Waals surface area (Å²) in [6.45, 7) is 4.15. The van der Waals surface area contributed by atoms with Gasteiger partial charge in [-0.2, -0.15) is 0 Å². The SMILES string of the molecule is Cc1ccc(NC2=N[C@@H](c3ccccc3)[C@@H]3C(=O)C[C@H](c4ccc(C)cc4)C=C3N2)cc1. The van der Waals surface area contributed by atoms with Crippen LogP contribution in [0.25, 0.3) is 0 Å². The van der Waals surface area contributed by atoms with E-state index < -0.39 is 0 Å². The number of anilines is 1. The van der Waals surface area contributed by atoms with Crippen LogP contribution < -0.4 is 10.6 Å². The summed E-state index contributed by atoms with van der Waals surface area (Å²) in [5.41, 5.74) is 6.55. The van der Waals surface area contributed by atoms with Gasteiger partial charge in [0.1, 0.15) is 5.78 Å². The molecule has 0 aromatic heterocycles. The van der Waals surface area contributed by atoms with E-state index in [2.05, 4.69) is 79.1 Å². The molecule has 0 bridgehead atoms. The number of carbonyl (C=O) groups excluding carboxylic acids is 1. The summed E-state index contributed by atoms with van der Waals surface area (Å²) in [5.74, 6) is 0.676. The number of fused-ring (bicyclic) bond motifs is 1. The third-order valence-electron chi connectivity index (χ3n) is 6.29. The summed E-state index contributed by atoms with van der Waals surface area (Å²) < 4.78 is 0. The number of benzene rings is 3. The zero-order chi connectivity index (χ0) is 22.1. The van der Waals surface area contributed by atoms with Gasteiger partial charge < -0.3 is 10.6 Å². The van der Waals surface area contributed by atoms with E-state index in [0.717, 1.165) is 16.9 Å². The van der Waals surface area contributed by atoms with Gasteiger partial charge in [0, 0.05) is 23.7 Å². The van der Waals surface area contributed by atoms with E-state index >= 15 is 0 Å². The molecule has 0 unspecified atom stereocenters. The standard InChI is InChI=1S/C28H27N3O/c1-18-8-12-20(13-9-18)22-16-24-26(25(32)17-22)27(21-6-4-3-5-7-21)31-28(30-24)29-23-14-10-19(2)11-15-23/h3-16,22,26-27H,17H2,1-2H3,(H2,29,30,31)/t22-,26+,27+/m1/s1. The summed E-state index contributed by atoms with van der Waals surface area (Å²) >= 11 is 0. The first kappa shape index (κ1) is 20.3. The van der Waals surface area contributed by atoms with Crippen LogP contribution in [0, 0.1) is 19.8 Å². The van der Waals surface area contributed by atoms with Gasteiger partial charge in [0.05, 0.1) is 12.0 Å². The monoisotopic (exact) mass is 421 g/mol. The maximum Gasteiger partial charge on any atom is 0.200 e. The molecule has 0 saturated carbocycles. The second-order valence-electron chi connectivity index (χ2n) is 8.74. The first-order chi connectivity index (χ1) is 15.6. The van der Waals surface area contributed by atoms with Crippen molar-refractivity contribution in [2.75, 3.05) is 5.32 Å². The van der Waals surface area contributed by atoms with Crippen LogP contribution in [-0.4, -0.2) is 11.7 Å². The average molecular weight is 422 g/mol. The maximum atomic E-state index is 13.4. The van der Waals surface area contributed by atoms with E-state index in [-0.39, 0.29) is 23.7 Å². The number of carbonyl (C=O) groups is 1. The van der Waals surface area contributed by atoms with E-state index in [1.54, 1.807) is 0 Å². The number of aliphatic imine (C=N–C) groups is 1. The lowest BCUT2D eigenvalue weighted by Gasteiger charge is -2.36. The normalized spacial score (nSPS) is 22.3. The lowest BCUT2D eigenvalue weighted by Crippen LogP contribution is -2.44. The van der Waals surface area contributed by atoms with Crippen molar-refractivity contribution in [2.24, 2.45) is 10.9 Å². The molecule has 4 nitrogen and oxygen atoms in total. The Kier molecular flexibility index (Phi) is 5.36. The van der Waals surface area contributed by atoms with Crippen molar-refractivity contribution in [1.82, 2.24) is 5.32 Å². The molecule has 2 aliphatic rings. The highest BCUT2D eigenvalue weighted by Crippen LogP contribution is 2.41. The zero-order valence-corrected chi connectivity index (χ0v) is 18.4. The van der Waals surface area contributed by atoms with E-state index in [9.17, 15) is 4.79 Å². The number of guanidine groups is 1. The van der Waals surface area contributed by atoms with Gasteiger partial charge in [-0.25, -0.2) is 4.99 Å². The van der Waals surface area contributed by atoms with E-state index in [0.29, 0.717) is 12.4 Å². The van der Waals surface area contributed by atoms with Crippen LogP contribution in [0.5, 0.6) is 0 Å². The molecule has 4 heteroatoms. The maximum absolute atomic E-state index is 13.4. The third-order valence-corrected chi connectivity index (χ3v) is 6.29. The van der Waals surface area contributed by atoms with Gasteiger partial charge in [0.15, 0.2) is 0 Å². The minimum Gasteiger partial charge on any atom is -0.329 e. The van der Waals surface area contributed by atoms with Crippen molar-refractivity contribution >= 4 is 17.4 Å². The summed E-state index contributed by atoms with van der Waals surface area (Å²) in [6, 6.07) is 26.6. The topological polar surface area (TPSA) is 53.5 Å². The lowest BCUT2D eigenvalue weighted by atomic mass is 9.76. The van der Waals surface area contributed by atoms with Gasteiger partial charge >= 0.3 is 0 Å². The number of hydrogen-bond donors (Lipinski definition) is 2. The second kappa shape index (κ2) is 8.46. The van der Waals surface area contributed by atoms with Crippen molar-refractivity contribution in [1.29, 1.82) is 0 Å². The molecular weight excluding hydrogens is 394 g/mol. The van der Waals surface area contributed by atoms with Crippen LogP contribution in [-0.2, 0) is 4.79 Å². The molecule has 1 aliphatic carbocycles. The molecule has 160 valence electrons. The van der Waals surface area contributed by atoms with Crippen LogP contribution in [0.3, 0.4) is 0 Å². The fraction of sp³-hybridized carbons (Fsp3) is 0.214. The van der Waals surface area contributed by atoms with Crippen LogP contribution >= 0.6 is 0 Å². The zero-order valence-electron chi connectivity index (χ0n) is 18.4. The first-order valence-corrected chi connectivity index (χ1v) is 11.1. The fourth-order valence-corrected chi connectivity index (χ4v) is 4.53. The molecule has 3 aromatic carbocycles. The predicted octanol–water partition coefficient (Wildman–Crippen LogP) is 5.67. The predicted molar refractivity (Wildman–Crippen MR) is 130 cm³/mol. The molecule has 3 aromatic rings. The second-order valence-corrected chi connectivity index (χ2v) is 8.74. The molecule has 0 saturated heterocycles. The molecule has 0 spiro atoms. The van der Waals surface area contributed by atoms with Gasteiger partial charge in [-0.05, 0) is 37.1 Å². The number of Topliss-reactive ketones (excluding diaryl/α,β-unsaturated/α-hetero) is 1. The van der Waals surface area contributed by atoms with Crippen molar-refractivity contribution < 1.29 is 4.79 Å². The summed E-state index contributed by atoms with van der Waals surface area (Å²) in [4.78, 5) is 18.3. The molecule has 0 fully saturated rings. The first-order valence-electron chi connectivity index (χ1n) is 11.1. The van der Waals surface area contributed by atoms with Gasteiger partial charge in [0.25, 0.3) is 0 Å². The number of ketones is 1. The van der Waals surface area contributed by atoms with Gasteiger partial charge in [-0.1, -0.05) is 83.9 Å². The molecule has 0 radical (unpaired) electrons. The largest absolute Gasteiger partial charge is 0.329 e. The van der Waals surface area contributed by atoms with E-state index in [4.69, 9.17) is 4.99 Å². The molecule has 2 N–H and O–H groups in total. The minimum atomic E-state index is -0.289. The van der Waals surface area contributed by atoms with Crippen LogP contribution in [0.15, 0.2) is 95.6 Å². The third kappa shape index (κ3) is 4.09. The van der Waals surface area contributed by atoms with Crippen molar-refractivity contribution in [3.05, 3.63) is 113 Å². The quantitative estimate of drug-likeness (QED) is 0.573. The average Bonchev–Trinajstić information content (AvgIpc) is 2.81. The van der Waals surface area contributed by atoms with E-state index in [1.807, 2.05) is 30.3 Å². The number of aryl methyl sites for hydroxylation is 2. The van der Waals surface area contributed by atoms with Crippen LogP contribution in [0.2, 0.25) is 0 Å². The van der Waals surface area contributed by atoms with Gasteiger partial charge in [-0.15, -0.1) is 0 Å². The Bertz CT molecular complexity index is 1180. The van der Waals surface area contributed by atoms with Crippen LogP contribution in [0.4, 0.5) is 5.69 Å². The Morgan fingerprint density at radius 2 is 1.50 bits per heavy atom. The lowest BCUT2D eigenvalue weighted by molar-refractivity contribution is -0.123. The van der Waals surface area contributed by atoms with Crippen molar-refractivity contribution in [2.45, 2.75) is 32.2 Å². The molecule has 0 amide bonds. The van der Waals surface area contributed by atoms with Gasteiger partial charge in [-0.3, -0.25) is 4.79 Å². The smallest absolute Gasteiger partial charge is 0.200 e. The fourth-order valence-electron chi connectivity index (χ4n) is 4.53. The van der Waals surface area contributed by atoms with Gasteiger partial charge in [0.2, 0.25) is 5.96 Å². The highest BCUT2D eigenvalue weighted by atomic mass is 16.1. The number of allylic oxidation sites excluding steroid dienone is 1.